The van der Waals surface area contributed by atoms with Crippen molar-refractivity contribution in [3.8, 4) is 0 Å². The predicted molar refractivity (Wildman–Crippen MR) is 77.2 cm³/mol. The number of aromatic nitrogens is 3. The molecule has 0 aromatic carbocycles. The number of nitrogens with one attached hydrogen (secondary N) is 1. The first kappa shape index (κ1) is 13.3. The Kier molecular flexibility index (Phi) is 3.63. The van der Waals surface area contributed by atoms with Crippen molar-refractivity contribution in [1.29, 1.82) is 0 Å². The molecule has 7 nitrogen and oxygen atoms in total. The molecule has 0 atom stereocenters. The molecule has 0 aliphatic carbocycles. The lowest BCUT2D eigenvalue weighted by molar-refractivity contribution is 0.0740. The first-order chi connectivity index (χ1) is 10.2. The number of rotatable bonds is 2. The number of aromatic amines is 1. The summed E-state index contributed by atoms with van der Waals surface area (Å²) in [6, 6.07) is 4.49. The first-order valence-corrected chi connectivity index (χ1v) is 6.74. The average molecular weight is 285 g/mol. The van der Waals surface area contributed by atoms with E-state index in [1.807, 2.05) is 4.90 Å². The van der Waals surface area contributed by atoms with Crippen LogP contribution in [-0.4, -0.2) is 51.9 Å². The van der Waals surface area contributed by atoms with Gasteiger partial charge in [-0.15, -0.1) is 0 Å². The largest absolute Gasteiger partial charge is 0.357 e. The van der Waals surface area contributed by atoms with E-state index in [4.69, 9.17) is 0 Å². The van der Waals surface area contributed by atoms with Crippen LogP contribution in [0.15, 0.2) is 41.6 Å². The van der Waals surface area contributed by atoms with Crippen molar-refractivity contribution >= 4 is 11.9 Å². The first-order valence-electron chi connectivity index (χ1n) is 6.74. The van der Waals surface area contributed by atoms with Crippen molar-refractivity contribution in [1.82, 2.24) is 19.9 Å². The number of amides is 1. The number of piperazine rings is 1. The van der Waals surface area contributed by atoms with E-state index in [1.165, 1.54) is 18.3 Å². The molecule has 2 aromatic heterocycles. The van der Waals surface area contributed by atoms with Crippen LogP contribution in [0.3, 0.4) is 0 Å². The Labute approximate surface area is 121 Å². The Balaban J connectivity index is 1.66. The number of carbonyl (C=O) groups is 1. The number of nitrogens with zero attached hydrogens (tertiary/aromatic N) is 4. The molecule has 1 fully saturated rings. The summed E-state index contributed by atoms with van der Waals surface area (Å²) in [5.74, 6) is 0.527. The van der Waals surface area contributed by atoms with E-state index < -0.39 is 0 Å². The Morgan fingerprint density at radius 2 is 1.86 bits per heavy atom. The zero-order valence-electron chi connectivity index (χ0n) is 11.4. The molecule has 1 amide bonds. The second kappa shape index (κ2) is 5.74. The highest BCUT2D eigenvalue weighted by molar-refractivity contribution is 5.92. The lowest BCUT2D eigenvalue weighted by Gasteiger charge is -2.34. The summed E-state index contributed by atoms with van der Waals surface area (Å²) >= 11 is 0. The summed E-state index contributed by atoms with van der Waals surface area (Å²) in [5, 5.41) is 0. The van der Waals surface area contributed by atoms with Crippen molar-refractivity contribution in [2.75, 3.05) is 31.1 Å². The normalized spacial score (nSPS) is 15.0. The van der Waals surface area contributed by atoms with Gasteiger partial charge in [-0.25, -0.2) is 9.97 Å². The summed E-state index contributed by atoms with van der Waals surface area (Å²) < 4.78 is 0. The minimum Gasteiger partial charge on any atom is -0.357 e. The molecule has 1 N–H and O–H groups in total. The number of carbonyl (C=O) groups excluding carboxylic acids is 1. The maximum Gasteiger partial charge on any atom is 0.270 e. The Bertz CT molecular complexity index is 677. The van der Waals surface area contributed by atoms with Gasteiger partial charge < -0.3 is 14.8 Å². The monoisotopic (exact) mass is 285 g/mol. The Morgan fingerprint density at radius 3 is 2.52 bits per heavy atom. The lowest BCUT2D eigenvalue weighted by atomic mass is 10.2. The van der Waals surface area contributed by atoms with E-state index >= 15 is 0 Å². The van der Waals surface area contributed by atoms with Crippen molar-refractivity contribution in [2.45, 2.75) is 0 Å². The Hall–Kier alpha value is -2.70. The molecule has 1 aliphatic heterocycles. The molecular formula is C14H15N5O2. The minimum absolute atomic E-state index is 0.152. The van der Waals surface area contributed by atoms with Gasteiger partial charge in [0.2, 0.25) is 5.95 Å². The van der Waals surface area contributed by atoms with Gasteiger partial charge in [0.05, 0.1) is 0 Å². The van der Waals surface area contributed by atoms with Gasteiger partial charge in [-0.3, -0.25) is 9.59 Å². The number of hydrogen-bond donors (Lipinski definition) is 1. The van der Waals surface area contributed by atoms with E-state index in [1.54, 1.807) is 23.4 Å². The van der Waals surface area contributed by atoms with Crippen LogP contribution < -0.4 is 10.3 Å². The molecule has 1 aliphatic rings. The standard InChI is InChI=1S/C14H15N5O2/c20-11-2-5-15-12(10-11)13(21)18-6-8-19(9-7-18)14-16-3-1-4-17-14/h1-5,10H,6-9H2,(H,15,20). The van der Waals surface area contributed by atoms with Crippen molar-refractivity contribution in [2.24, 2.45) is 0 Å². The molecule has 0 radical (unpaired) electrons. The molecule has 0 spiro atoms. The second-order valence-electron chi connectivity index (χ2n) is 4.77. The maximum absolute atomic E-state index is 12.3. The van der Waals surface area contributed by atoms with Crippen LogP contribution in [0.25, 0.3) is 0 Å². The van der Waals surface area contributed by atoms with Crippen LogP contribution in [0.1, 0.15) is 10.5 Å². The quantitative estimate of drug-likeness (QED) is 0.848. The number of H-pyrrole nitrogens is 1. The summed E-state index contributed by atoms with van der Waals surface area (Å²) in [5.41, 5.74) is 0.153. The van der Waals surface area contributed by atoms with E-state index in [0.29, 0.717) is 37.8 Å². The third-order valence-electron chi connectivity index (χ3n) is 3.41. The van der Waals surface area contributed by atoms with Gasteiger partial charge in [0.15, 0.2) is 5.43 Å². The van der Waals surface area contributed by atoms with Gasteiger partial charge in [0.1, 0.15) is 5.69 Å². The van der Waals surface area contributed by atoms with Crippen LogP contribution in [-0.2, 0) is 0 Å². The molecule has 3 rings (SSSR count). The van der Waals surface area contributed by atoms with Gasteiger partial charge in [0.25, 0.3) is 5.91 Å². The van der Waals surface area contributed by atoms with Crippen molar-refractivity contribution in [3.05, 3.63) is 52.7 Å². The van der Waals surface area contributed by atoms with E-state index in [0.717, 1.165) is 0 Å². The topological polar surface area (TPSA) is 82.2 Å². The molecule has 21 heavy (non-hydrogen) atoms. The molecule has 7 heteroatoms. The zero-order chi connectivity index (χ0) is 14.7. The molecule has 0 bridgehead atoms. The highest BCUT2D eigenvalue weighted by atomic mass is 16.2. The highest BCUT2D eigenvalue weighted by Crippen LogP contribution is 2.11. The van der Waals surface area contributed by atoms with Gasteiger partial charge in [0, 0.05) is 56.9 Å². The summed E-state index contributed by atoms with van der Waals surface area (Å²) in [6.07, 6.45) is 4.90. The van der Waals surface area contributed by atoms with Gasteiger partial charge in [-0.1, -0.05) is 0 Å². The second-order valence-corrected chi connectivity index (χ2v) is 4.77. The van der Waals surface area contributed by atoms with E-state index in [2.05, 4.69) is 15.0 Å². The predicted octanol–water partition coefficient (Wildman–Crippen LogP) is 0.127. The number of anilines is 1. The molecular weight excluding hydrogens is 270 g/mol. The fourth-order valence-corrected chi connectivity index (χ4v) is 2.30. The molecule has 0 unspecified atom stereocenters. The van der Waals surface area contributed by atoms with Crippen LogP contribution in [0.4, 0.5) is 5.95 Å². The molecule has 3 heterocycles. The highest BCUT2D eigenvalue weighted by Gasteiger charge is 2.23. The third-order valence-corrected chi connectivity index (χ3v) is 3.41. The fourth-order valence-electron chi connectivity index (χ4n) is 2.30. The van der Waals surface area contributed by atoms with Gasteiger partial charge >= 0.3 is 0 Å². The lowest BCUT2D eigenvalue weighted by Crippen LogP contribution is -2.49. The summed E-state index contributed by atoms with van der Waals surface area (Å²) in [4.78, 5) is 38.6. The minimum atomic E-state index is -0.173. The van der Waals surface area contributed by atoms with Crippen LogP contribution in [0.2, 0.25) is 0 Å². The molecule has 108 valence electrons. The van der Waals surface area contributed by atoms with Crippen LogP contribution >= 0.6 is 0 Å². The Morgan fingerprint density at radius 1 is 1.14 bits per heavy atom. The molecule has 0 saturated carbocycles. The smallest absolute Gasteiger partial charge is 0.270 e. The molecule has 2 aromatic rings. The maximum atomic E-state index is 12.3. The third kappa shape index (κ3) is 2.91. The van der Waals surface area contributed by atoms with E-state index in [-0.39, 0.29) is 11.3 Å². The van der Waals surface area contributed by atoms with Crippen molar-refractivity contribution < 1.29 is 4.79 Å². The molecule has 1 saturated heterocycles. The van der Waals surface area contributed by atoms with Crippen LogP contribution in [0.5, 0.6) is 0 Å². The summed E-state index contributed by atoms with van der Waals surface area (Å²) in [7, 11) is 0. The SMILES string of the molecule is O=C(c1cc(=O)cc[nH]1)N1CCN(c2ncccn2)CC1. The number of pyridine rings is 1. The average Bonchev–Trinajstić information content (AvgIpc) is 2.55. The van der Waals surface area contributed by atoms with E-state index in [9.17, 15) is 9.59 Å². The fraction of sp³-hybridized carbons (Fsp3) is 0.286. The summed E-state index contributed by atoms with van der Waals surface area (Å²) in [6.45, 7) is 2.50. The van der Waals surface area contributed by atoms with Gasteiger partial charge in [-0.2, -0.15) is 0 Å². The zero-order valence-corrected chi connectivity index (χ0v) is 11.4. The number of hydrogen-bond acceptors (Lipinski definition) is 5. The van der Waals surface area contributed by atoms with Gasteiger partial charge in [-0.05, 0) is 6.07 Å². The van der Waals surface area contributed by atoms with Crippen LogP contribution in [0, 0.1) is 0 Å². The van der Waals surface area contributed by atoms with Crippen molar-refractivity contribution in [3.63, 3.8) is 0 Å².